The largest absolute Gasteiger partial charge is 0.481 e. The SMILES string of the molecule is CC(C)Oc1nc(-c2ccc(Cl)cc2)c(CCC(=O)O)o1. The number of hydrogen-bond acceptors (Lipinski definition) is 4. The molecule has 0 unspecified atom stereocenters. The van der Waals surface area contributed by atoms with Gasteiger partial charge in [-0.1, -0.05) is 23.7 Å². The first-order chi connectivity index (χ1) is 9.95. The van der Waals surface area contributed by atoms with Gasteiger partial charge >= 0.3 is 12.0 Å². The van der Waals surface area contributed by atoms with Gasteiger partial charge in [0.25, 0.3) is 0 Å². The highest BCUT2D eigenvalue weighted by Crippen LogP contribution is 2.29. The van der Waals surface area contributed by atoms with E-state index in [1.54, 1.807) is 12.1 Å². The molecule has 1 heterocycles. The van der Waals surface area contributed by atoms with Crippen molar-refractivity contribution in [3.05, 3.63) is 35.0 Å². The average Bonchev–Trinajstić information content (AvgIpc) is 2.79. The molecule has 0 aliphatic rings. The fourth-order valence-electron chi connectivity index (χ4n) is 1.81. The molecule has 1 N–H and O–H groups in total. The van der Waals surface area contributed by atoms with Gasteiger partial charge < -0.3 is 14.3 Å². The molecule has 0 radical (unpaired) electrons. The quantitative estimate of drug-likeness (QED) is 0.878. The number of benzene rings is 1. The first-order valence-electron chi connectivity index (χ1n) is 6.60. The number of carbonyl (C=O) groups is 1. The highest BCUT2D eigenvalue weighted by atomic mass is 35.5. The second-order valence-corrected chi connectivity index (χ2v) is 5.26. The third kappa shape index (κ3) is 4.23. The Morgan fingerprint density at radius 2 is 2.05 bits per heavy atom. The lowest BCUT2D eigenvalue weighted by Gasteiger charge is -2.02. The third-order valence-corrected chi connectivity index (χ3v) is 2.95. The molecular weight excluding hydrogens is 294 g/mol. The highest BCUT2D eigenvalue weighted by Gasteiger charge is 2.17. The van der Waals surface area contributed by atoms with Crippen LogP contribution in [-0.4, -0.2) is 22.2 Å². The number of rotatable bonds is 6. The Balaban J connectivity index is 2.33. The molecule has 1 aromatic carbocycles. The molecule has 0 spiro atoms. The van der Waals surface area contributed by atoms with Crippen LogP contribution < -0.4 is 4.74 Å². The molecule has 0 aliphatic carbocycles. The predicted octanol–water partition coefficient (Wildman–Crippen LogP) is 3.80. The van der Waals surface area contributed by atoms with E-state index in [2.05, 4.69) is 4.98 Å². The zero-order chi connectivity index (χ0) is 15.4. The molecule has 0 saturated heterocycles. The van der Waals surface area contributed by atoms with E-state index in [-0.39, 0.29) is 25.0 Å². The minimum absolute atomic E-state index is 0.0309. The average molecular weight is 310 g/mol. The van der Waals surface area contributed by atoms with E-state index < -0.39 is 5.97 Å². The minimum Gasteiger partial charge on any atom is -0.481 e. The van der Waals surface area contributed by atoms with Crippen LogP contribution in [0.2, 0.25) is 5.02 Å². The Morgan fingerprint density at radius 1 is 1.38 bits per heavy atom. The van der Waals surface area contributed by atoms with Crippen LogP contribution in [-0.2, 0) is 11.2 Å². The van der Waals surface area contributed by atoms with Gasteiger partial charge in [0.2, 0.25) is 0 Å². The Labute approximate surface area is 127 Å². The fraction of sp³-hybridized carbons (Fsp3) is 0.333. The maximum Gasteiger partial charge on any atom is 0.394 e. The van der Waals surface area contributed by atoms with Crippen molar-refractivity contribution in [3.8, 4) is 17.3 Å². The van der Waals surface area contributed by atoms with E-state index in [1.807, 2.05) is 26.0 Å². The van der Waals surface area contributed by atoms with Gasteiger partial charge in [-0.25, -0.2) is 0 Å². The molecular formula is C15H16ClNO4. The number of halogens is 1. The van der Waals surface area contributed by atoms with Crippen LogP contribution >= 0.6 is 11.6 Å². The minimum atomic E-state index is -0.889. The van der Waals surface area contributed by atoms with Gasteiger partial charge in [0.05, 0.1) is 12.5 Å². The van der Waals surface area contributed by atoms with Gasteiger partial charge in [0.1, 0.15) is 11.5 Å². The van der Waals surface area contributed by atoms with Crippen molar-refractivity contribution in [2.24, 2.45) is 0 Å². The second-order valence-electron chi connectivity index (χ2n) is 4.82. The number of carboxylic acid groups (broad SMARTS) is 1. The lowest BCUT2D eigenvalue weighted by atomic mass is 10.1. The molecule has 2 aromatic rings. The smallest absolute Gasteiger partial charge is 0.394 e. The molecule has 0 fully saturated rings. The van der Waals surface area contributed by atoms with E-state index in [1.165, 1.54) is 0 Å². The Bertz CT molecular complexity index is 619. The molecule has 112 valence electrons. The number of ether oxygens (including phenoxy) is 1. The molecule has 1 aromatic heterocycles. The Kier molecular flexibility index (Phi) is 4.85. The first-order valence-corrected chi connectivity index (χ1v) is 6.97. The summed E-state index contributed by atoms with van der Waals surface area (Å²) in [5, 5.41) is 9.43. The van der Waals surface area contributed by atoms with E-state index in [4.69, 9.17) is 25.9 Å². The van der Waals surface area contributed by atoms with Crippen LogP contribution in [0.5, 0.6) is 6.08 Å². The normalized spacial score (nSPS) is 10.9. The van der Waals surface area contributed by atoms with Gasteiger partial charge in [0.15, 0.2) is 0 Å². The molecule has 0 aliphatic heterocycles. The summed E-state index contributed by atoms with van der Waals surface area (Å²) in [7, 11) is 0. The number of aryl methyl sites for hydroxylation is 1. The molecule has 0 saturated carbocycles. The topological polar surface area (TPSA) is 72.6 Å². The van der Waals surface area contributed by atoms with Gasteiger partial charge in [-0.05, 0) is 26.0 Å². The van der Waals surface area contributed by atoms with Gasteiger partial charge in [-0.2, -0.15) is 4.98 Å². The van der Waals surface area contributed by atoms with Crippen molar-refractivity contribution in [1.29, 1.82) is 0 Å². The molecule has 2 rings (SSSR count). The van der Waals surface area contributed by atoms with Crippen molar-refractivity contribution < 1.29 is 19.1 Å². The summed E-state index contributed by atoms with van der Waals surface area (Å²) >= 11 is 5.87. The van der Waals surface area contributed by atoms with E-state index in [9.17, 15) is 4.79 Å². The number of nitrogens with zero attached hydrogens (tertiary/aromatic N) is 1. The van der Waals surface area contributed by atoms with Gasteiger partial charge in [-0.3, -0.25) is 4.79 Å². The van der Waals surface area contributed by atoms with Crippen molar-refractivity contribution in [1.82, 2.24) is 4.98 Å². The maximum absolute atomic E-state index is 10.7. The molecule has 5 nitrogen and oxygen atoms in total. The zero-order valence-electron chi connectivity index (χ0n) is 11.8. The summed E-state index contributed by atoms with van der Waals surface area (Å²) in [6.45, 7) is 3.73. The first kappa shape index (κ1) is 15.4. The Morgan fingerprint density at radius 3 is 2.62 bits per heavy atom. The van der Waals surface area contributed by atoms with Gasteiger partial charge in [-0.15, -0.1) is 0 Å². The molecule has 6 heteroatoms. The van der Waals surface area contributed by atoms with Gasteiger partial charge in [0, 0.05) is 17.0 Å². The van der Waals surface area contributed by atoms with Crippen LogP contribution in [0.15, 0.2) is 28.7 Å². The summed E-state index contributed by atoms with van der Waals surface area (Å²) in [6.07, 6.45) is 0.294. The lowest BCUT2D eigenvalue weighted by Crippen LogP contribution is -2.05. The van der Waals surface area contributed by atoms with E-state index in [0.29, 0.717) is 16.5 Å². The highest BCUT2D eigenvalue weighted by molar-refractivity contribution is 6.30. The monoisotopic (exact) mass is 309 g/mol. The number of carboxylic acids is 1. The van der Waals surface area contributed by atoms with Crippen molar-refractivity contribution in [2.45, 2.75) is 32.8 Å². The van der Waals surface area contributed by atoms with E-state index >= 15 is 0 Å². The van der Waals surface area contributed by atoms with Crippen LogP contribution in [0.1, 0.15) is 26.0 Å². The van der Waals surface area contributed by atoms with Crippen molar-refractivity contribution in [2.75, 3.05) is 0 Å². The summed E-state index contributed by atoms with van der Waals surface area (Å²) < 4.78 is 11.0. The third-order valence-electron chi connectivity index (χ3n) is 2.70. The lowest BCUT2D eigenvalue weighted by molar-refractivity contribution is -0.137. The molecule has 0 bridgehead atoms. The molecule has 0 amide bonds. The summed E-state index contributed by atoms with van der Waals surface area (Å²) in [5.74, 6) is -0.393. The Hall–Kier alpha value is -2.01. The predicted molar refractivity (Wildman–Crippen MR) is 78.7 cm³/mol. The summed E-state index contributed by atoms with van der Waals surface area (Å²) in [4.78, 5) is 15.0. The zero-order valence-corrected chi connectivity index (χ0v) is 12.6. The fourth-order valence-corrected chi connectivity index (χ4v) is 1.93. The second kappa shape index (κ2) is 6.63. The van der Waals surface area contributed by atoms with Crippen molar-refractivity contribution in [3.63, 3.8) is 0 Å². The molecule has 21 heavy (non-hydrogen) atoms. The van der Waals surface area contributed by atoms with Crippen LogP contribution in [0.3, 0.4) is 0 Å². The number of aromatic nitrogens is 1. The van der Waals surface area contributed by atoms with Crippen LogP contribution in [0.4, 0.5) is 0 Å². The van der Waals surface area contributed by atoms with Crippen molar-refractivity contribution >= 4 is 17.6 Å². The molecule has 0 atom stereocenters. The summed E-state index contributed by atoms with van der Waals surface area (Å²) in [5.41, 5.74) is 1.39. The standard InChI is InChI=1S/C15H16ClNO4/c1-9(2)20-15-17-14(10-3-5-11(16)6-4-10)12(21-15)7-8-13(18)19/h3-6,9H,7-8H2,1-2H3,(H,18,19). The number of aliphatic carboxylic acids is 1. The number of hydrogen-bond donors (Lipinski definition) is 1. The maximum atomic E-state index is 10.7. The summed E-state index contributed by atoms with van der Waals surface area (Å²) in [6, 6.07) is 7.11. The number of oxazole rings is 1. The van der Waals surface area contributed by atoms with Crippen LogP contribution in [0, 0.1) is 0 Å². The van der Waals surface area contributed by atoms with Crippen LogP contribution in [0.25, 0.3) is 11.3 Å². The van der Waals surface area contributed by atoms with E-state index in [0.717, 1.165) is 5.56 Å².